The van der Waals surface area contributed by atoms with Crippen LogP contribution >= 0.6 is 11.3 Å². The van der Waals surface area contributed by atoms with Gasteiger partial charge in [0.25, 0.3) is 0 Å². The second kappa shape index (κ2) is 9.80. The van der Waals surface area contributed by atoms with E-state index in [9.17, 15) is 4.79 Å². The van der Waals surface area contributed by atoms with E-state index in [1.54, 1.807) is 32.7 Å². The molecule has 1 amide bonds. The fourth-order valence-corrected chi connectivity index (χ4v) is 4.15. The van der Waals surface area contributed by atoms with Crippen LogP contribution in [0.2, 0.25) is 0 Å². The molecule has 0 saturated carbocycles. The van der Waals surface area contributed by atoms with Crippen molar-refractivity contribution >= 4 is 17.2 Å². The third kappa shape index (κ3) is 4.97. The highest BCUT2D eigenvalue weighted by Gasteiger charge is 2.21. The van der Waals surface area contributed by atoms with Gasteiger partial charge in [-0.1, -0.05) is 0 Å². The number of piperazine rings is 1. The molecule has 0 aliphatic carbocycles. The lowest BCUT2D eigenvalue weighted by Gasteiger charge is -2.34. The summed E-state index contributed by atoms with van der Waals surface area (Å²) >= 11 is 1.73. The quantitative estimate of drug-likeness (QED) is 0.677. The fourth-order valence-electron chi connectivity index (χ4n) is 3.49. The van der Waals surface area contributed by atoms with Crippen LogP contribution in [0.25, 0.3) is 0 Å². The molecule has 0 bridgehead atoms. The van der Waals surface area contributed by atoms with E-state index in [4.69, 9.17) is 14.2 Å². The summed E-state index contributed by atoms with van der Waals surface area (Å²) in [5.74, 6) is 2.00. The third-order valence-corrected chi connectivity index (χ3v) is 5.80. The number of rotatable bonds is 8. The summed E-state index contributed by atoms with van der Waals surface area (Å²) in [6, 6.07) is 5.99. The van der Waals surface area contributed by atoms with Gasteiger partial charge >= 0.3 is 0 Å². The number of methoxy groups -OCH3 is 3. The minimum atomic E-state index is 0.198. The second-order valence-corrected chi connectivity index (χ2v) is 7.60. The summed E-state index contributed by atoms with van der Waals surface area (Å²) < 4.78 is 16.1. The Morgan fingerprint density at radius 2 is 1.68 bits per heavy atom. The molecule has 2 aromatic rings. The van der Waals surface area contributed by atoms with Crippen molar-refractivity contribution in [2.45, 2.75) is 19.4 Å². The van der Waals surface area contributed by atoms with Crippen molar-refractivity contribution in [1.82, 2.24) is 9.80 Å². The maximum Gasteiger partial charge on any atom is 0.222 e. The van der Waals surface area contributed by atoms with Crippen LogP contribution in [0.1, 0.15) is 17.5 Å². The standard InChI is InChI=1S/C21H28N2O4S/c1-25-18-12-16(13-19(26-2)21(18)27-3)4-5-20(24)23-9-7-22(8-10-23)14-17-6-11-28-15-17/h6,11-13,15H,4-5,7-10,14H2,1-3H3. The zero-order valence-corrected chi connectivity index (χ0v) is 17.6. The van der Waals surface area contributed by atoms with Crippen molar-refractivity contribution in [1.29, 1.82) is 0 Å². The lowest BCUT2D eigenvalue weighted by Crippen LogP contribution is -2.48. The molecule has 1 fully saturated rings. The van der Waals surface area contributed by atoms with E-state index >= 15 is 0 Å². The first-order valence-electron chi connectivity index (χ1n) is 9.44. The molecular weight excluding hydrogens is 376 g/mol. The zero-order chi connectivity index (χ0) is 19.9. The predicted molar refractivity (Wildman–Crippen MR) is 111 cm³/mol. The van der Waals surface area contributed by atoms with E-state index in [1.165, 1.54) is 5.56 Å². The molecule has 1 saturated heterocycles. The monoisotopic (exact) mass is 404 g/mol. The topological polar surface area (TPSA) is 51.2 Å². The predicted octanol–water partition coefficient (Wildman–Crippen LogP) is 3.05. The first kappa shape index (κ1) is 20.5. The average molecular weight is 405 g/mol. The minimum Gasteiger partial charge on any atom is -0.493 e. The van der Waals surface area contributed by atoms with Gasteiger partial charge in [0.15, 0.2) is 11.5 Å². The number of thiophene rings is 1. The minimum absolute atomic E-state index is 0.198. The Morgan fingerprint density at radius 1 is 1.00 bits per heavy atom. The van der Waals surface area contributed by atoms with Gasteiger partial charge < -0.3 is 19.1 Å². The highest BCUT2D eigenvalue weighted by molar-refractivity contribution is 7.07. The molecule has 2 heterocycles. The highest BCUT2D eigenvalue weighted by Crippen LogP contribution is 2.38. The molecule has 0 N–H and O–H groups in total. The summed E-state index contributed by atoms with van der Waals surface area (Å²) in [4.78, 5) is 17.0. The number of carbonyl (C=O) groups excluding carboxylic acids is 1. The number of hydrogen-bond donors (Lipinski definition) is 0. The number of benzene rings is 1. The van der Waals surface area contributed by atoms with Gasteiger partial charge in [-0.25, -0.2) is 0 Å². The van der Waals surface area contributed by atoms with Crippen molar-refractivity contribution in [2.24, 2.45) is 0 Å². The van der Waals surface area contributed by atoms with Crippen LogP contribution in [0.5, 0.6) is 17.2 Å². The summed E-state index contributed by atoms with van der Waals surface area (Å²) in [7, 11) is 4.78. The second-order valence-electron chi connectivity index (χ2n) is 6.82. The van der Waals surface area contributed by atoms with E-state index in [-0.39, 0.29) is 5.91 Å². The maximum absolute atomic E-state index is 12.6. The number of aryl methyl sites for hydroxylation is 1. The van der Waals surface area contributed by atoms with Crippen molar-refractivity contribution < 1.29 is 19.0 Å². The van der Waals surface area contributed by atoms with Gasteiger partial charge in [-0.3, -0.25) is 9.69 Å². The highest BCUT2D eigenvalue weighted by atomic mass is 32.1. The number of nitrogens with zero attached hydrogens (tertiary/aromatic N) is 2. The number of carbonyl (C=O) groups is 1. The van der Waals surface area contributed by atoms with Gasteiger partial charge in [0.1, 0.15) is 0 Å². The van der Waals surface area contributed by atoms with Gasteiger partial charge in [0.2, 0.25) is 11.7 Å². The average Bonchev–Trinajstić information content (AvgIpc) is 3.24. The normalized spacial score (nSPS) is 14.8. The maximum atomic E-state index is 12.6. The van der Waals surface area contributed by atoms with Crippen molar-refractivity contribution in [3.05, 3.63) is 40.1 Å². The van der Waals surface area contributed by atoms with Gasteiger partial charge in [-0.15, -0.1) is 0 Å². The van der Waals surface area contributed by atoms with Gasteiger partial charge in [-0.05, 0) is 46.5 Å². The lowest BCUT2D eigenvalue weighted by molar-refractivity contribution is -0.133. The molecular formula is C21H28N2O4S. The van der Waals surface area contributed by atoms with Crippen LogP contribution < -0.4 is 14.2 Å². The van der Waals surface area contributed by atoms with E-state index in [0.29, 0.717) is 30.1 Å². The molecule has 0 spiro atoms. The molecule has 6 nitrogen and oxygen atoms in total. The third-order valence-electron chi connectivity index (χ3n) is 5.06. The molecule has 0 atom stereocenters. The Kier molecular flexibility index (Phi) is 7.17. The van der Waals surface area contributed by atoms with Crippen molar-refractivity contribution in [3.8, 4) is 17.2 Å². The fraction of sp³-hybridized carbons (Fsp3) is 0.476. The zero-order valence-electron chi connectivity index (χ0n) is 16.8. The molecule has 0 radical (unpaired) electrons. The molecule has 1 aromatic heterocycles. The van der Waals surface area contributed by atoms with E-state index < -0.39 is 0 Å². The van der Waals surface area contributed by atoms with Crippen molar-refractivity contribution in [2.75, 3.05) is 47.5 Å². The first-order chi connectivity index (χ1) is 13.6. The SMILES string of the molecule is COc1cc(CCC(=O)N2CCN(Cc3ccsc3)CC2)cc(OC)c1OC. The van der Waals surface area contributed by atoms with E-state index in [0.717, 1.165) is 38.3 Å². The van der Waals surface area contributed by atoms with Gasteiger partial charge in [-0.2, -0.15) is 11.3 Å². The van der Waals surface area contributed by atoms with Gasteiger partial charge in [0, 0.05) is 39.1 Å². The summed E-state index contributed by atoms with van der Waals surface area (Å²) in [5.41, 5.74) is 2.35. The van der Waals surface area contributed by atoms with Crippen LogP contribution in [0.4, 0.5) is 0 Å². The number of hydrogen-bond acceptors (Lipinski definition) is 6. The largest absolute Gasteiger partial charge is 0.493 e. The molecule has 1 aliphatic rings. The van der Waals surface area contributed by atoms with Crippen LogP contribution in [0.3, 0.4) is 0 Å². The molecule has 152 valence electrons. The molecule has 1 aromatic carbocycles. The van der Waals surface area contributed by atoms with Crippen LogP contribution in [0, 0.1) is 0 Å². The summed E-state index contributed by atoms with van der Waals surface area (Å²) in [6.07, 6.45) is 1.12. The Balaban J connectivity index is 1.52. The van der Waals surface area contributed by atoms with E-state index in [1.807, 2.05) is 17.0 Å². The van der Waals surface area contributed by atoms with Crippen LogP contribution in [-0.2, 0) is 17.8 Å². The van der Waals surface area contributed by atoms with E-state index in [2.05, 4.69) is 21.7 Å². The summed E-state index contributed by atoms with van der Waals surface area (Å²) in [6.45, 7) is 4.39. The number of amides is 1. The Morgan fingerprint density at radius 3 is 2.21 bits per heavy atom. The molecule has 7 heteroatoms. The molecule has 3 rings (SSSR count). The van der Waals surface area contributed by atoms with Crippen molar-refractivity contribution in [3.63, 3.8) is 0 Å². The Bertz CT molecular complexity index is 746. The Labute approximate surface area is 170 Å². The first-order valence-corrected chi connectivity index (χ1v) is 10.4. The van der Waals surface area contributed by atoms with Crippen LogP contribution in [0.15, 0.2) is 29.0 Å². The number of ether oxygens (including phenoxy) is 3. The summed E-state index contributed by atoms with van der Waals surface area (Å²) in [5, 5.41) is 4.30. The Hall–Kier alpha value is -2.25. The smallest absolute Gasteiger partial charge is 0.222 e. The molecule has 0 unspecified atom stereocenters. The van der Waals surface area contributed by atoms with Gasteiger partial charge in [0.05, 0.1) is 21.3 Å². The van der Waals surface area contributed by atoms with Crippen LogP contribution in [-0.4, -0.2) is 63.2 Å². The lowest BCUT2D eigenvalue weighted by atomic mass is 10.1. The molecule has 28 heavy (non-hydrogen) atoms. The molecule has 1 aliphatic heterocycles.